The molecule has 4 fully saturated rings. The molecule has 0 saturated heterocycles. The molecule has 4 N–H and O–H groups in total. The topological polar surface area (TPSA) is 75.4 Å². The van der Waals surface area contributed by atoms with Gasteiger partial charge in [0.15, 0.2) is 0 Å². The van der Waals surface area contributed by atoms with Crippen LogP contribution in [0.3, 0.4) is 0 Å². The molecule has 4 heteroatoms. The van der Waals surface area contributed by atoms with E-state index in [2.05, 4.69) is 5.32 Å². The molecular formula is C14H24N2O2. The van der Waals surface area contributed by atoms with Crippen molar-refractivity contribution in [2.75, 3.05) is 13.2 Å². The average molecular weight is 252 g/mol. The predicted octanol–water partition coefficient (Wildman–Crippen LogP) is 0.639. The molecular weight excluding hydrogens is 228 g/mol. The van der Waals surface area contributed by atoms with E-state index in [0.717, 1.165) is 37.0 Å². The van der Waals surface area contributed by atoms with Crippen LogP contribution in [0, 0.1) is 23.2 Å². The van der Waals surface area contributed by atoms with Crippen LogP contribution >= 0.6 is 0 Å². The SMILES string of the molecule is NC(C(=O)NCCO)C12CC3CC(CC(C3)C1)C2. The van der Waals surface area contributed by atoms with Gasteiger partial charge in [-0.1, -0.05) is 0 Å². The summed E-state index contributed by atoms with van der Waals surface area (Å²) in [6, 6.07) is -0.377. The summed E-state index contributed by atoms with van der Waals surface area (Å²) in [6.45, 7) is 0.304. The van der Waals surface area contributed by atoms with Crippen molar-refractivity contribution in [3.05, 3.63) is 0 Å². The second-order valence-corrected chi connectivity index (χ2v) is 6.77. The quantitative estimate of drug-likeness (QED) is 0.687. The second-order valence-electron chi connectivity index (χ2n) is 6.77. The Bertz CT molecular complexity index is 307. The van der Waals surface area contributed by atoms with Crippen LogP contribution in [0.25, 0.3) is 0 Å². The summed E-state index contributed by atoms with van der Waals surface area (Å²) in [6.07, 6.45) is 7.53. The largest absolute Gasteiger partial charge is 0.395 e. The molecule has 4 bridgehead atoms. The Labute approximate surface area is 108 Å². The van der Waals surface area contributed by atoms with Crippen LogP contribution in [0.2, 0.25) is 0 Å². The van der Waals surface area contributed by atoms with Crippen molar-refractivity contribution < 1.29 is 9.90 Å². The van der Waals surface area contributed by atoms with Crippen molar-refractivity contribution in [1.29, 1.82) is 0 Å². The molecule has 4 aliphatic rings. The van der Waals surface area contributed by atoms with E-state index in [4.69, 9.17) is 10.8 Å². The van der Waals surface area contributed by atoms with E-state index in [1.54, 1.807) is 0 Å². The monoisotopic (exact) mass is 252 g/mol. The van der Waals surface area contributed by atoms with Gasteiger partial charge in [0.2, 0.25) is 5.91 Å². The zero-order chi connectivity index (χ0) is 12.8. The smallest absolute Gasteiger partial charge is 0.237 e. The maximum atomic E-state index is 12.1. The molecule has 4 aliphatic carbocycles. The number of carbonyl (C=O) groups is 1. The number of hydrogen-bond donors (Lipinski definition) is 3. The van der Waals surface area contributed by atoms with Gasteiger partial charge in [-0.25, -0.2) is 0 Å². The zero-order valence-corrected chi connectivity index (χ0v) is 10.9. The lowest BCUT2D eigenvalue weighted by Gasteiger charge is -2.58. The van der Waals surface area contributed by atoms with Gasteiger partial charge in [0, 0.05) is 6.54 Å². The first-order valence-electron chi connectivity index (χ1n) is 7.27. The van der Waals surface area contributed by atoms with Crippen molar-refractivity contribution in [3.63, 3.8) is 0 Å². The minimum atomic E-state index is -0.377. The Balaban J connectivity index is 1.72. The number of rotatable bonds is 4. The highest BCUT2D eigenvalue weighted by Crippen LogP contribution is 2.60. The Morgan fingerprint density at radius 1 is 1.22 bits per heavy atom. The van der Waals surface area contributed by atoms with Crippen LogP contribution in [-0.2, 0) is 4.79 Å². The molecule has 102 valence electrons. The summed E-state index contributed by atoms with van der Waals surface area (Å²) < 4.78 is 0. The molecule has 0 spiro atoms. The fourth-order valence-corrected chi connectivity index (χ4v) is 5.13. The number of carbonyl (C=O) groups excluding carboxylic acids is 1. The first kappa shape index (κ1) is 12.4. The summed E-state index contributed by atoms with van der Waals surface area (Å²) in [5.74, 6) is 2.37. The van der Waals surface area contributed by atoms with Gasteiger partial charge in [0.1, 0.15) is 0 Å². The summed E-state index contributed by atoms with van der Waals surface area (Å²) in [4.78, 5) is 12.1. The molecule has 0 aromatic carbocycles. The Hall–Kier alpha value is -0.610. The van der Waals surface area contributed by atoms with Gasteiger partial charge >= 0.3 is 0 Å². The van der Waals surface area contributed by atoms with Gasteiger partial charge in [-0.05, 0) is 61.7 Å². The van der Waals surface area contributed by atoms with E-state index in [-0.39, 0.29) is 24.0 Å². The third kappa shape index (κ3) is 1.95. The molecule has 4 rings (SSSR count). The number of nitrogens with two attached hydrogens (primary N) is 1. The molecule has 0 aromatic rings. The number of nitrogens with one attached hydrogen (secondary N) is 1. The van der Waals surface area contributed by atoms with Gasteiger partial charge in [-0.2, -0.15) is 0 Å². The molecule has 0 aliphatic heterocycles. The molecule has 1 amide bonds. The summed E-state index contributed by atoms with van der Waals surface area (Å²) >= 11 is 0. The van der Waals surface area contributed by atoms with Crippen molar-refractivity contribution in [3.8, 4) is 0 Å². The Morgan fingerprint density at radius 3 is 2.17 bits per heavy atom. The predicted molar refractivity (Wildman–Crippen MR) is 68.7 cm³/mol. The van der Waals surface area contributed by atoms with Crippen molar-refractivity contribution in [1.82, 2.24) is 5.32 Å². The van der Waals surface area contributed by atoms with Gasteiger partial charge in [0.05, 0.1) is 12.6 Å². The number of aliphatic hydroxyl groups is 1. The van der Waals surface area contributed by atoms with E-state index in [1.807, 2.05) is 0 Å². The van der Waals surface area contributed by atoms with E-state index in [1.165, 1.54) is 19.3 Å². The molecule has 18 heavy (non-hydrogen) atoms. The van der Waals surface area contributed by atoms with Gasteiger partial charge in [0.25, 0.3) is 0 Å². The first-order chi connectivity index (χ1) is 8.63. The molecule has 4 saturated carbocycles. The molecule has 0 aromatic heterocycles. The Kier molecular flexibility index (Phi) is 3.10. The Morgan fingerprint density at radius 2 is 1.72 bits per heavy atom. The highest BCUT2D eigenvalue weighted by Gasteiger charge is 2.54. The van der Waals surface area contributed by atoms with Crippen LogP contribution in [0.5, 0.6) is 0 Å². The lowest BCUT2D eigenvalue weighted by Crippen LogP contribution is -2.59. The highest BCUT2D eigenvalue weighted by molar-refractivity contribution is 5.82. The third-order valence-corrected chi connectivity index (χ3v) is 5.44. The summed E-state index contributed by atoms with van der Waals surface area (Å²) in [5.41, 5.74) is 6.33. The minimum Gasteiger partial charge on any atom is -0.395 e. The standard InChI is InChI=1S/C14H24N2O2/c15-12(13(18)16-1-2-17)14-6-9-3-10(7-14)5-11(4-9)8-14/h9-12,17H,1-8,15H2,(H,16,18). The maximum Gasteiger partial charge on any atom is 0.237 e. The van der Waals surface area contributed by atoms with Crippen LogP contribution in [-0.4, -0.2) is 30.2 Å². The van der Waals surface area contributed by atoms with Crippen LogP contribution < -0.4 is 11.1 Å². The summed E-state index contributed by atoms with van der Waals surface area (Å²) in [7, 11) is 0. The van der Waals surface area contributed by atoms with E-state index in [0.29, 0.717) is 6.54 Å². The molecule has 1 unspecified atom stereocenters. The zero-order valence-electron chi connectivity index (χ0n) is 10.9. The first-order valence-corrected chi connectivity index (χ1v) is 7.27. The van der Waals surface area contributed by atoms with Crippen LogP contribution in [0.4, 0.5) is 0 Å². The fraction of sp³-hybridized carbons (Fsp3) is 0.929. The molecule has 0 radical (unpaired) electrons. The van der Waals surface area contributed by atoms with Gasteiger partial charge in [-0.15, -0.1) is 0 Å². The lowest BCUT2D eigenvalue weighted by molar-refractivity contribution is -0.133. The summed E-state index contributed by atoms with van der Waals surface area (Å²) in [5, 5.41) is 11.5. The normalized spacial score (nSPS) is 42.9. The number of aliphatic hydroxyl groups excluding tert-OH is 1. The third-order valence-electron chi connectivity index (χ3n) is 5.44. The van der Waals surface area contributed by atoms with Crippen LogP contribution in [0.15, 0.2) is 0 Å². The van der Waals surface area contributed by atoms with E-state index < -0.39 is 0 Å². The fourth-order valence-electron chi connectivity index (χ4n) is 5.13. The molecule has 0 heterocycles. The highest BCUT2D eigenvalue weighted by atomic mass is 16.3. The number of hydrogen-bond acceptors (Lipinski definition) is 3. The lowest BCUT2D eigenvalue weighted by atomic mass is 9.47. The van der Waals surface area contributed by atoms with Crippen molar-refractivity contribution in [2.24, 2.45) is 28.9 Å². The minimum absolute atomic E-state index is 0.0145. The second kappa shape index (κ2) is 4.49. The number of amides is 1. The molecule has 1 atom stereocenters. The maximum absolute atomic E-state index is 12.1. The van der Waals surface area contributed by atoms with Crippen molar-refractivity contribution >= 4 is 5.91 Å². The average Bonchev–Trinajstić information content (AvgIpc) is 2.33. The van der Waals surface area contributed by atoms with E-state index >= 15 is 0 Å². The molecule has 4 nitrogen and oxygen atoms in total. The van der Waals surface area contributed by atoms with Gasteiger partial charge < -0.3 is 16.2 Å². The van der Waals surface area contributed by atoms with Crippen molar-refractivity contribution in [2.45, 2.75) is 44.6 Å². The van der Waals surface area contributed by atoms with Gasteiger partial charge in [-0.3, -0.25) is 4.79 Å². The van der Waals surface area contributed by atoms with E-state index in [9.17, 15) is 4.79 Å². The van der Waals surface area contributed by atoms with Crippen LogP contribution in [0.1, 0.15) is 38.5 Å².